The van der Waals surface area contributed by atoms with Crippen molar-refractivity contribution in [1.82, 2.24) is 0 Å². The Morgan fingerprint density at radius 2 is 1.80 bits per heavy atom. The van der Waals surface area contributed by atoms with Crippen molar-refractivity contribution in [2.75, 3.05) is 0 Å². The van der Waals surface area contributed by atoms with Crippen molar-refractivity contribution in [3.8, 4) is 0 Å². The molecule has 0 bridgehead atoms. The molecule has 15 heavy (non-hydrogen) atoms. The summed E-state index contributed by atoms with van der Waals surface area (Å²) in [5.41, 5.74) is 0. The van der Waals surface area contributed by atoms with Gasteiger partial charge in [0, 0.05) is 18.3 Å². The van der Waals surface area contributed by atoms with Gasteiger partial charge in [-0.05, 0) is 6.42 Å². The third-order valence-corrected chi connectivity index (χ3v) is 13.7. The summed E-state index contributed by atoms with van der Waals surface area (Å²) in [6.07, 6.45) is 1.37. The summed E-state index contributed by atoms with van der Waals surface area (Å²) < 4.78 is 5.74. The largest absolute Gasteiger partial charge is 0.145 e. The SMILES string of the molecule is S=c1sc2c(s1)SC1C(CC(I)C1I)S2. The molecule has 4 atom stereocenters. The minimum absolute atomic E-state index is 0.810. The maximum atomic E-state index is 5.27. The number of rotatable bonds is 0. The molecule has 1 aliphatic carbocycles. The molecule has 0 nitrogen and oxygen atoms in total. The second-order valence-electron chi connectivity index (χ2n) is 3.46. The molecule has 7 heteroatoms. The van der Waals surface area contributed by atoms with E-state index in [1.807, 2.05) is 22.7 Å². The molecule has 3 rings (SSSR count). The van der Waals surface area contributed by atoms with Crippen LogP contribution in [-0.2, 0) is 0 Å². The third kappa shape index (κ3) is 2.32. The maximum Gasteiger partial charge on any atom is 0.145 e. The number of alkyl halides is 2. The van der Waals surface area contributed by atoms with Crippen molar-refractivity contribution >= 4 is 104 Å². The van der Waals surface area contributed by atoms with Gasteiger partial charge in [0.2, 0.25) is 0 Å². The Hall–Kier alpha value is 2.43. The van der Waals surface area contributed by atoms with Gasteiger partial charge in [0.15, 0.2) is 0 Å². The highest BCUT2D eigenvalue weighted by Gasteiger charge is 2.45. The lowest BCUT2D eigenvalue weighted by Gasteiger charge is -2.25. The summed E-state index contributed by atoms with van der Waals surface area (Å²) in [5.74, 6) is 0. The number of hydrogen-bond donors (Lipinski definition) is 0. The number of thioether (sulfide) groups is 2. The van der Waals surface area contributed by atoms with Crippen LogP contribution in [0.25, 0.3) is 0 Å². The van der Waals surface area contributed by atoms with E-state index >= 15 is 0 Å². The number of fused-ring (bicyclic) bond motifs is 2. The van der Waals surface area contributed by atoms with E-state index in [1.165, 1.54) is 14.8 Å². The highest BCUT2D eigenvalue weighted by Crippen LogP contribution is 2.57. The van der Waals surface area contributed by atoms with Gasteiger partial charge in [0.25, 0.3) is 0 Å². The average Bonchev–Trinajstić information content (AvgIpc) is 2.65. The van der Waals surface area contributed by atoms with Crippen molar-refractivity contribution in [2.45, 2.75) is 33.2 Å². The second kappa shape index (κ2) is 4.84. The predicted molar refractivity (Wildman–Crippen MR) is 92.6 cm³/mol. The molecule has 1 aromatic heterocycles. The zero-order chi connectivity index (χ0) is 10.6. The van der Waals surface area contributed by atoms with Crippen LogP contribution in [0.4, 0.5) is 0 Å². The van der Waals surface area contributed by atoms with Crippen LogP contribution in [0, 0.1) is 3.14 Å². The molecule has 1 fully saturated rings. The van der Waals surface area contributed by atoms with Gasteiger partial charge in [-0.1, -0.05) is 57.4 Å². The van der Waals surface area contributed by atoms with E-state index in [4.69, 9.17) is 12.2 Å². The lowest BCUT2D eigenvalue weighted by Crippen LogP contribution is -2.23. The first-order valence-electron chi connectivity index (χ1n) is 4.40. The van der Waals surface area contributed by atoms with Crippen molar-refractivity contribution < 1.29 is 0 Å². The Kier molecular flexibility index (Phi) is 4.02. The van der Waals surface area contributed by atoms with Crippen molar-refractivity contribution in [3.63, 3.8) is 0 Å². The molecule has 0 spiro atoms. The van der Waals surface area contributed by atoms with Crippen LogP contribution in [-0.4, -0.2) is 18.3 Å². The zero-order valence-corrected chi connectivity index (χ0v) is 15.7. The Labute approximate surface area is 138 Å². The topological polar surface area (TPSA) is 0 Å². The van der Waals surface area contributed by atoms with Gasteiger partial charge in [0.05, 0.1) is 8.42 Å². The molecule has 0 aromatic carbocycles. The standard InChI is InChI=1S/C8H6I2S5/c9-2-1-3-5(4(2)10)13-7-6(12-3)14-8(11)15-7/h2-5H,1H2. The molecule has 0 saturated heterocycles. The Morgan fingerprint density at radius 1 is 1.13 bits per heavy atom. The molecule has 4 unspecified atom stereocenters. The van der Waals surface area contributed by atoms with Crippen LogP contribution in [0.15, 0.2) is 8.42 Å². The Morgan fingerprint density at radius 3 is 2.53 bits per heavy atom. The van der Waals surface area contributed by atoms with Crippen molar-refractivity contribution in [1.29, 1.82) is 0 Å². The molecule has 1 aromatic rings. The van der Waals surface area contributed by atoms with Gasteiger partial charge in [0.1, 0.15) is 3.14 Å². The van der Waals surface area contributed by atoms with E-state index in [-0.39, 0.29) is 0 Å². The highest BCUT2D eigenvalue weighted by atomic mass is 127. The lowest BCUT2D eigenvalue weighted by atomic mass is 10.4. The molecule has 2 aliphatic rings. The van der Waals surface area contributed by atoms with Crippen LogP contribution in [0.2, 0.25) is 0 Å². The van der Waals surface area contributed by atoms with Gasteiger partial charge in [-0.3, -0.25) is 0 Å². The fraction of sp³-hybridized carbons (Fsp3) is 0.625. The molecule has 0 radical (unpaired) electrons. The first-order chi connectivity index (χ1) is 7.15. The first-order valence-corrected chi connectivity index (χ1v) is 10.7. The van der Waals surface area contributed by atoms with E-state index in [2.05, 4.69) is 68.7 Å². The van der Waals surface area contributed by atoms with Gasteiger partial charge >= 0.3 is 0 Å². The molecule has 0 amide bonds. The molecule has 0 N–H and O–H groups in total. The molecule has 1 saturated carbocycles. The highest BCUT2D eigenvalue weighted by molar-refractivity contribution is 14.1. The summed E-state index contributed by atoms with van der Waals surface area (Å²) in [6, 6.07) is 0. The Bertz CT molecular complexity index is 438. The first kappa shape index (κ1) is 12.5. The summed E-state index contributed by atoms with van der Waals surface area (Å²) in [7, 11) is 0. The van der Waals surface area contributed by atoms with Crippen molar-refractivity contribution in [2.24, 2.45) is 0 Å². The van der Waals surface area contributed by atoms with Gasteiger partial charge in [-0.2, -0.15) is 0 Å². The number of halogens is 2. The van der Waals surface area contributed by atoms with Crippen molar-refractivity contribution in [3.05, 3.63) is 3.14 Å². The number of hydrogen-bond acceptors (Lipinski definition) is 5. The summed E-state index contributed by atoms with van der Waals surface area (Å²) in [4.78, 5) is 0. The molecular weight excluding hydrogens is 510 g/mol. The quantitative estimate of drug-likeness (QED) is 0.255. The van der Waals surface area contributed by atoms with Crippen LogP contribution >= 0.6 is 104 Å². The van der Waals surface area contributed by atoms with E-state index < -0.39 is 0 Å². The smallest absolute Gasteiger partial charge is 0.109 e. The zero-order valence-electron chi connectivity index (χ0n) is 7.31. The third-order valence-electron chi connectivity index (χ3n) is 2.50. The summed E-state index contributed by atoms with van der Waals surface area (Å²) in [6.45, 7) is 0. The average molecular weight is 516 g/mol. The summed E-state index contributed by atoms with van der Waals surface area (Å²) in [5, 5.41) is 1.64. The second-order valence-corrected chi connectivity index (χ2v) is 12.7. The van der Waals surface area contributed by atoms with E-state index in [9.17, 15) is 0 Å². The molecule has 82 valence electrons. The maximum absolute atomic E-state index is 5.27. The van der Waals surface area contributed by atoms with Crippen LogP contribution in [0.5, 0.6) is 0 Å². The van der Waals surface area contributed by atoms with Gasteiger partial charge in [-0.25, -0.2) is 0 Å². The van der Waals surface area contributed by atoms with Crippen LogP contribution < -0.4 is 0 Å². The minimum atomic E-state index is 0.810. The lowest BCUT2D eigenvalue weighted by molar-refractivity contribution is 0.926. The fourth-order valence-corrected chi connectivity index (χ4v) is 12.1. The van der Waals surface area contributed by atoms with E-state index in [1.54, 1.807) is 0 Å². The normalized spacial score (nSPS) is 38.8. The van der Waals surface area contributed by atoms with Gasteiger partial charge in [-0.15, -0.1) is 46.2 Å². The molecular formula is C8H6I2S5. The van der Waals surface area contributed by atoms with Gasteiger partial charge < -0.3 is 0 Å². The van der Waals surface area contributed by atoms with Crippen LogP contribution in [0.1, 0.15) is 6.42 Å². The Balaban J connectivity index is 1.95. The summed E-state index contributed by atoms with van der Waals surface area (Å²) >= 11 is 18.3. The fourth-order valence-electron chi connectivity index (χ4n) is 1.81. The van der Waals surface area contributed by atoms with E-state index in [0.717, 1.165) is 21.5 Å². The molecule has 1 aliphatic heterocycles. The minimum Gasteiger partial charge on any atom is -0.109 e. The monoisotopic (exact) mass is 516 g/mol. The van der Waals surface area contributed by atoms with E-state index in [0.29, 0.717) is 0 Å². The van der Waals surface area contributed by atoms with Crippen LogP contribution in [0.3, 0.4) is 0 Å². The molecule has 2 heterocycles. The predicted octanol–water partition coefficient (Wildman–Crippen LogP) is 5.48.